The lowest BCUT2D eigenvalue weighted by Crippen LogP contribution is -2.58. The molecule has 0 bridgehead atoms. The molecular formula is C48H64F2N8O10. The van der Waals surface area contributed by atoms with Gasteiger partial charge in [0, 0.05) is 75.8 Å². The van der Waals surface area contributed by atoms with Gasteiger partial charge in [0.2, 0.25) is 23.6 Å². The standard InChI is InChI=1S/C48H64F2N8O10/c1-23(51-7)45(61)55-41(25(3)65-9)47(63)57-17-15-39(67-27(5)59)37(57)21-33-31-13-11-29(49)19-35(31)53-43(33)44-34(32-14-12-30(50)20-36(32)54-44)22-38-40(68-28(6)60)16-18-58(38)48(64)42(26(4)66-10)56-46(62)24(2)52-8/h11-14,19-20,23-26,37-42,51-54H,15-18,21-22H2,1-10H3,(H,55,61)(H,56,62)/t23-,24-,25+,26+,37+,38+,39-,40-,41-,42-/m0/s1. The molecule has 10 atom stereocenters. The summed E-state index contributed by atoms with van der Waals surface area (Å²) in [4.78, 5) is 90.9. The number of nitrogens with one attached hydrogen (secondary N) is 6. The zero-order valence-electron chi connectivity index (χ0n) is 40.2. The summed E-state index contributed by atoms with van der Waals surface area (Å²) in [6.07, 6.45) is -2.46. The molecule has 0 saturated carbocycles. The highest BCUT2D eigenvalue weighted by molar-refractivity contribution is 5.97. The number of likely N-dealkylation sites (N-methyl/N-ethyl adjacent to an activating group) is 2. The number of fused-ring (bicyclic) bond motifs is 2. The monoisotopic (exact) mass is 950 g/mol. The first-order valence-corrected chi connectivity index (χ1v) is 22.9. The fraction of sp³-hybridized carbons (Fsp3) is 0.542. The maximum absolute atomic E-state index is 15.1. The van der Waals surface area contributed by atoms with E-state index in [1.807, 2.05) is 0 Å². The molecule has 4 heterocycles. The fourth-order valence-electron chi connectivity index (χ4n) is 9.31. The van der Waals surface area contributed by atoms with Crippen LogP contribution in [0.25, 0.3) is 33.2 Å². The third-order valence-corrected chi connectivity index (χ3v) is 13.4. The van der Waals surface area contributed by atoms with E-state index >= 15 is 8.78 Å². The van der Waals surface area contributed by atoms with Crippen LogP contribution < -0.4 is 21.3 Å². The van der Waals surface area contributed by atoms with Gasteiger partial charge in [-0.25, -0.2) is 8.78 Å². The zero-order chi connectivity index (χ0) is 49.7. The van der Waals surface area contributed by atoms with Gasteiger partial charge in [-0.15, -0.1) is 0 Å². The van der Waals surface area contributed by atoms with Crippen molar-refractivity contribution in [1.29, 1.82) is 0 Å². The van der Waals surface area contributed by atoms with Crippen molar-refractivity contribution in [2.45, 2.75) is 128 Å². The Hall–Kier alpha value is -5.96. The summed E-state index contributed by atoms with van der Waals surface area (Å²) < 4.78 is 53.1. The topological polar surface area (TPSA) is 226 Å². The Morgan fingerprint density at radius 2 is 1.01 bits per heavy atom. The van der Waals surface area contributed by atoms with Crippen molar-refractivity contribution < 1.29 is 56.5 Å². The van der Waals surface area contributed by atoms with Crippen LogP contribution in [0, 0.1) is 11.6 Å². The first-order valence-electron chi connectivity index (χ1n) is 22.9. The van der Waals surface area contributed by atoms with Gasteiger partial charge in [-0.2, -0.15) is 0 Å². The molecule has 20 heteroatoms. The van der Waals surface area contributed by atoms with Crippen LogP contribution in [-0.4, -0.2) is 157 Å². The van der Waals surface area contributed by atoms with E-state index in [4.69, 9.17) is 18.9 Å². The Morgan fingerprint density at radius 1 is 0.647 bits per heavy atom. The van der Waals surface area contributed by atoms with Gasteiger partial charge in [0.1, 0.15) is 35.9 Å². The Bertz CT molecular complexity index is 2340. The highest BCUT2D eigenvalue weighted by Gasteiger charge is 2.46. The number of carbonyl (C=O) groups excluding carboxylic acids is 6. The van der Waals surface area contributed by atoms with Gasteiger partial charge in [0.15, 0.2) is 0 Å². The molecule has 2 saturated heterocycles. The average molecular weight is 951 g/mol. The molecule has 68 heavy (non-hydrogen) atoms. The van der Waals surface area contributed by atoms with E-state index in [1.165, 1.54) is 52.3 Å². The van der Waals surface area contributed by atoms with Gasteiger partial charge in [-0.1, -0.05) is 0 Å². The smallest absolute Gasteiger partial charge is 0.302 e. The van der Waals surface area contributed by atoms with Crippen LogP contribution in [0.5, 0.6) is 0 Å². The summed E-state index contributed by atoms with van der Waals surface area (Å²) in [5.74, 6) is -3.99. The zero-order valence-corrected chi connectivity index (χ0v) is 40.2. The highest BCUT2D eigenvalue weighted by atomic mass is 19.1. The quantitative estimate of drug-likeness (QED) is 0.0747. The second-order valence-electron chi connectivity index (χ2n) is 17.7. The maximum Gasteiger partial charge on any atom is 0.302 e. The number of nitrogens with zero attached hydrogens (tertiary/aromatic N) is 2. The van der Waals surface area contributed by atoms with Gasteiger partial charge < -0.3 is 60.0 Å². The molecule has 4 aromatic rings. The normalized spacial score (nSPS) is 21.0. The Balaban J connectivity index is 1.50. The lowest BCUT2D eigenvalue weighted by molar-refractivity contribution is -0.150. The minimum absolute atomic E-state index is 0.0498. The second kappa shape index (κ2) is 22.0. The summed E-state index contributed by atoms with van der Waals surface area (Å²) in [5.41, 5.74) is 2.84. The van der Waals surface area contributed by atoms with E-state index < -0.39 is 108 Å². The molecule has 2 aromatic carbocycles. The molecule has 2 aromatic heterocycles. The van der Waals surface area contributed by atoms with E-state index in [1.54, 1.807) is 63.7 Å². The summed E-state index contributed by atoms with van der Waals surface area (Å²) in [6, 6.07) is 3.36. The summed E-state index contributed by atoms with van der Waals surface area (Å²) in [6.45, 7) is 9.52. The molecule has 0 unspecified atom stereocenters. The third kappa shape index (κ3) is 11.0. The Kier molecular flexibility index (Phi) is 16.6. The first-order chi connectivity index (χ1) is 32.3. The molecular weight excluding hydrogens is 887 g/mol. The maximum atomic E-state index is 15.1. The van der Waals surface area contributed by atoms with Crippen molar-refractivity contribution >= 4 is 57.4 Å². The van der Waals surface area contributed by atoms with Crippen LogP contribution >= 0.6 is 0 Å². The summed E-state index contributed by atoms with van der Waals surface area (Å²) in [7, 11) is 6.10. The van der Waals surface area contributed by atoms with Crippen molar-refractivity contribution in [2.24, 2.45) is 0 Å². The van der Waals surface area contributed by atoms with Gasteiger partial charge in [0.25, 0.3) is 0 Å². The summed E-state index contributed by atoms with van der Waals surface area (Å²) >= 11 is 0. The lowest BCUT2D eigenvalue weighted by atomic mass is 9.93. The number of hydrogen-bond acceptors (Lipinski definition) is 12. The molecule has 2 aliphatic heterocycles. The van der Waals surface area contributed by atoms with E-state index in [2.05, 4.69) is 31.2 Å². The molecule has 6 N–H and O–H groups in total. The minimum Gasteiger partial charge on any atom is -0.460 e. The largest absolute Gasteiger partial charge is 0.460 e. The third-order valence-electron chi connectivity index (χ3n) is 13.4. The SMILES string of the molecule is CN[C@@H](C)C(=O)N[C@H](C(=O)N1CC[C@H](OC(C)=O)[C@H]1Cc1c(-c2[nH]c3cc(F)ccc3c2C[C@@H]2[C@@H](OC(C)=O)CCN2C(=O)[C@@H](NC(=O)[C@H](C)NC)[C@@H](C)OC)[nH]c2cc(F)ccc12)[C@@H](C)OC. The van der Waals surface area contributed by atoms with Crippen molar-refractivity contribution in [1.82, 2.24) is 41.0 Å². The van der Waals surface area contributed by atoms with Gasteiger partial charge in [-0.05, 0) is 102 Å². The number of H-pyrrole nitrogens is 2. The number of esters is 2. The molecule has 0 spiro atoms. The van der Waals surface area contributed by atoms with E-state index in [0.717, 1.165) is 0 Å². The molecule has 0 radical (unpaired) electrons. The predicted octanol–water partition coefficient (Wildman–Crippen LogP) is 3.00. The summed E-state index contributed by atoms with van der Waals surface area (Å²) in [5, 5.41) is 12.6. The minimum atomic E-state index is -1.12. The van der Waals surface area contributed by atoms with E-state index in [0.29, 0.717) is 44.3 Å². The average Bonchev–Trinajstić information content (AvgIpc) is 4.08. The number of amides is 4. The predicted molar refractivity (Wildman–Crippen MR) is 248 cm³/mol. The van der Waals surface area contributed by atoms with Crippen molar-refractivity contribution in [3.8, 4) is 11.4 Å². The van der Waals surface area contributed by atoms with E-state index in [-0.39, 0.29) is 38.8 Å². The Morgan fingerprint density at radius 3 is 1.34 bits per heavy atom. The molecule has 6 rings (SSSR count). The number of hydrogen-bond donors (Lipinski definition) is 6. The number of carbonyl (C=O) groups is 6. The molecule has 370 valence electrons. The lowest BCUT2D eigenvalue weighted by Gasteiger charge is -2.34. The first kappa shape index (κ1) is 51.4. The number of aromatic amines is 2. The number of methoxy groups -OCH3 is 2. The Labute approximate surface area is 393 Å². The van der Waals surface area contributed by atoms with Crippen LogP contribution in [0.1, 0.15) is 65.5 Å². The fourth-order valence-corrected chi connectivity index (χ4v) is 9.31. The van der Waals surface area contributed by atoms with Crippen molar-refractivity contribution in [2.75, 3.05) is 41.4 Å². The number of ether oxygens (including phenoxy) is 4. The number of rotatable bonds is 19. The highest BCUT2D eigenvalue weighted by Crippen LogP contribution is 2.40. The molecule has 2 aliphatic rings. The number of benzene rings is 2. The number of halogens is 2. The van der Waals surface area contributed by atoms with Crippen LogP contribution in [0.15, 0.2) is 36.4 Å². The van der Waals surface area contributed by atoms with Gasteiger partial charge in [-0.3, -0.25) is 28.8 Å². The van der Waals surface area contributed by atoms with Gasteiger partial charge in [0.05, 0.1) is 47.8 Å². The molecule has 18 nitrogen and oxygen atoms in total. The van der Waals surface area contributed by atoms with Crippen molar-refractivity contribution in [3.05, 3.63) is 59.2 Å². The molecule has 2 fully saturated rings. The number of aromatic nitrogens is 2. The molecule has 4 amide bonds. The van der Waals surface area contributed by atoms with Crippen molar-refractivity contribution in [3.63, 3.8) is 0 Å². The molecule has 0 aliphatic carbocycles. The van der Waals surface area contributed by atoms with Crippen LogP contribution in [0.2, 0.25) is 0 Å². The van der Waals surface area contributed by atoms with Crippen LogP contribution in [0.3, 0.4) is 0 Å². The number of likely N-dealkylation sites (tertiary alicyclic amines) is 2. The van der Waals surface area contributed by atoms with E-state index in [9.17, 15) is 28.8 Å². The van der Waals surface area contributed by atoms with Crippen LogP contribution in [0.4, 0.5) is 8.78 Å². The van der Waals surface area contributed by atoms with Crippen LogP contribution in [-0.2, 0) is 60.6 Å². The van der Waals surface area contributed by atoms with Gasteiger partial charge >= 0.3 is 11.9 Å². The second-order valence-corrected chi connectivity index (χ2v) is 17.7.